The van der Waals surface area contributed by atoms with Crippen LogP contribution in [0.3, 0.4) is 0 Å². The quantitative estimate of drug-likeness (QED) is 0.676. The van der Waals surface area contributed by atoms with Gasteiger partial charge in [0.2, 0.25) is 0 Å². The molecule has 74 valence electrons. The summed E-state index contributed by atoms with van der Waals surface area (Å²) in [6.45, 7) is 5.19. The van der Waals surface area contributed by atoms with Crippen molar-refractivity contribution in [1.82, 2.24) is 0 Å². The van der Waals surface area contributed by atoms with E-state index in [-0.39, 0.29) is 5.56 Å². The van der Waals surface area contributed by atoms with Gasteiger partial charge in [0, 0.05) is 5.56 Å². The Labute approximate surface area is 82.0 Å². The predicted octanol–water partition coefficient (Wildman–Crippen LogP) is 2.56. The average Bonchev–Trinajstić information content (AvgIpc) is 2.19. The summed E-state index contributed by atoms with van der Waals surface area (Å²) in [6.07, 6.45) is 1.41. The van der Waals surface area contributed by atoms with Gasteiger partial charge >= 0.3 is 5.97 Å². The number of benzene rings is 1. The Morgan fingerprint density at radius 3 is 2.71 bits per heavy atom. The highest BCUT2D eigenvalue weighted by Gasteiger charge is 2.12. The summed E-state index contributed by atoms with van der Waals surface area (Å²) < 4.78 is 17.8. The Bertz CT molecular complexity index is 383. The molecule has 0 fully saturated rings. The molecule has 0 amide bonds. The lowest BCUT2D eigenvalue weighted by Gasteiger charge is -2.05. The van der Waals surface area contributed by atoms with Crippen LogP contribution in [-0.4, -0.2) is 13.1 Å². The Morgan fingerprint density at radius 1 is 1.57 bits per heavy atom. The first-order chi connectivity index (χ1) is 6.60. The minimum absolute atomic E-state index is 0.246. The van der Waals surface area contributed by atoms with Crippen molar-refractivity contribution in [3.8, 4) is 0 Å². The number of esters is 1. The van der Waals surface area contributed by atoms with Gasteiger partial charge in [0.25, 0.3) is 0 Å². The fourth-order valence-electron chi connectivity index (χ4n) is 1.19. The zero-order valence-electron chi connectivity index (χ0n) is 8.13. The molecule has 0 N–H and O–H groups in total. The van der Waals surface area contributed by atoms with E-state index in [1.807, 2.05) is 0 Å². The smallest absolute Gasteiger partial charge is 0.338 e. The number of methoxy groups -OCH3 is 1. The SMILES string of the molecule is C=Cc1cc(C)c(C(=O)OC)cc1F. The zero-order valence-corrected chi connectivity index (χ0v) is 8.13. The molecule has 0 heterocycles. The zero-order chi connectivity index (χ0) is 10.7. The van der Waals surface area contributed by atoms with Crippen molar-refractivity contribution < 1.29 is 13.9 Å². The Kier molecular flexibility index (Phi) is 3.02. The molecule has 1 aromatic rings. The van der Waals surface area contributed by atoms with Crippen LogP contribution in [0.25, 0.3) is 6.08 Å². The summed E-state index contributed by atoms with van der Waals surface area (Å²) in [5, 5.41) is 0. The number of halogens is 1. The molecule has 0 atom stereocenters. The van der Waals surface area contributed by atoms with Crippen LogP contribution < -0.4 is 0 Å². The molecule has 0 aliphatic rings. The van der Waals surface area contributed by atoms with Gasteiger partial charge in [-0.15, -0.1) is 0 Å². The molecule has 1 rings (SSSR count). The number of hydrogen-bond acceptors (Lipinski definition) is 2. The van der Waals surface area contributed by atoms with E-state index < -0.39 is 11.8 Å². The monoisotopic (exact) mass is 194 g/mol. The number of carbonyl (C=O) groups excluding carboxylic acids is 1. The van der Waals surface area contributed by atoms with E-state index in [0.717, 1.165) is 6.07 Å². The molecule has 3 heteroatoms. The molecule has 2 nitrogen and oxygen atoms in total. The van der Waals surface area contributed by atoms with E-state index in [4.69, 9.17) is 0 Å². The maximum absolute atomic E-state index is 13.2. The fraction of sp³-hybridized carbons (Fsp3) is 0.182. The lowest BCUT2D eigenvalue weighted by molar-refractivity contribution is 0.0599. The largest absolute Gasteiger partial charge is 0.465 e. The number of rotatable bonds is 2. The van der Waals surface area contributed by atoms with Gasteiger partial charge in [0.05, 0.1) is 12.7 Å². The Morgan fingerprint density at radius 2 is 2.21 bits per heavy atom. The van der Waals surface area contributed by atoms with Crippen LogP contribution in [0.15, 0.2) is 18.7 Å². The van der Waals surface area contributed by atoms with Crippen molar-refractivity contribution in [1.29, 1.82) is 0 Å². The van der Waals surface area contributed by atoms with Gasteiger partial charge in [-0.3, -0.25) is 0 Å². The maximum Gasteiger partial charge on any atom is 0.338 e. The molecule has 0 saturated heterocycles. The second-order valence-corrected chi connectivity index (χ2v) is 2.88. The molecule has 0 aromatic heterocycles. The van der Waals surface area contributed by atoms with Crippen molar-refractivity contribution in [3.63, 3.8) is 0 Å². The summed E-state index contributed by atoms with van der Waals surface area (Å²) in [4.78, 5) is 11.2. The van der Waals surface area contributed by atoms with Gasteiger partial charge in [0.15, 0.2) is 0 Å². The second kappa shape index (κ2) is 4.05. The van der Waals surface area contributed by atoms with Crippen LogP contribution in [0.5, 0.6) is 0 Å². The van der Waals surface area contributed by atoms with Gasteiger partial charge in [-0.05, 0) is 24.6 Å². The standard InChI is InChI=1S/C11H11FO2/c1-4-8-5-7(2)9(6-10(8)12)11(13)14-3/h4-6H,1H2,2-3H3. The summed E-state index contributed by atoms with van der Waals surface area (Å²) >= 11 is 0. The highest BCUT2D eigenvalue weighted by atomic mass is 19.1. The number of ether oxygens (including phenoxy) is 1. The predicted molar refractivity (Wildman–Crippen MR) is 52.6 cm³/mol. The summed E-state index contributed by atoms with van der Waals surface area (Å²) in [6, 6.07) is 2.73. The first-order valence-corrected chi connectivity index (χ1v) is 4.11. The molecule has 0 aliphatic carbocycles. The van der Waals surface area contributed by atoms with Crippen LogP contribution in [-0.2, 0) is 4.74 Å². The number of carbonyl (C=O) groups is 1. The second-order valence-electron chi connectivity index (χ2n) is 2.88. The third-order valence-corrected chi connectivity index (χ3v) is 1.97. The molecule has 0 radical (unpaired) electrons. The number of aryl methyl sites for hydroxylation is 1. The normalized spacial score (nSPS) is 9.64. The Balaban J connectivity index is 3.28. The summed E-state index contributed by atoms with van der Waals surface area (Å²) in [5.41, 5.74) is 1.30. The first kappa shape index (κ1) is 10.4. The van der Waals surface area contributed by atoms with E-state index >= 15 is 0 Å². The summed E-state index contributed by atoms with van der Waals surface area (Å²) in [5.74, 6) is -0.997. The van der Waals surface area contributed by atoms with Gasteiger partial charge in [-0.25, -0.2) is 9.18 Å². The van der Waals surface area contributed by atoms with Crippen LogP contribution in [0.2, 0.25) is 0 Å². The number of hydrogen-bond donors (Lipinski definition) is 0. The fourth-order valence-corrected chi connectivity index (χ4v) is 1.19. The molecule has 0 spiro atoms. The third-order valence-electron chi connectivity index (χ3n) is 1.97. The minimum atomic E-state index is -0.531. The van der Waals surface area contributed by atoms with Crippen LogP contribution >= 0.6 is 0 Å². The lowest BCUT2D eigenvalue weighted by atomic mass is 10.0. The molecule has 0 bridgehead atoms. The molecule has 14 heavy (non-hydrogen) atoms. The highest BCUT2D eigenvalue weighted by molar-refractivity contribution is 5.91. The summed E-state index contributed by atoms with van der Waals surface area (Å²) in [7, 11) is 1.26. The highest BCUT2D eigenvalue weighted by Crippen LogP contribution is 2.17. The molecule has 1 aromatic carbocycles. The van der Waals surface area contributed by atoms with E-state index in [1.165, 1.54) is 13.2 Å². The van der Waals surface area contributed by atoms with Gasteiger partial charge in [0.1, 0.15) is 5.82 Å². The molecular weight excluding hydrogens is 183 g/mol. The van der Waals surface area contributed by atoms with Crippen LogP contribution in [0.4, 0.5) is 4.39 Å². The van der Waals surface area contributed by atoms with Crippen LogP contribution in [0.1, 0.15) is 21.5 Å². The molecular formula is C11H11FO2. The van der Waals surface area contributed by atoms with E-state index in [0.29, 0.717) is 11.1 Å². The topological polar surface area (TPSA) is 26.3 Å². The molecule has 0 aliphatic heterocycles. The van der Waals surface area contributed by atoms with Crippen LogP contribution in [0, 0.1) is 12.7 Å². The van der Waals surface area contributed by atoms with Crippen molar-refractivity contribution in [2.45, 2.75) is 6.92 Å². The van der Waals surface area contributed by atoms with E-state index in [2.05, 4.69) is 11.3 Å². The Hall–Kier alpha value is -1.64. The molecule has 0 unspecified atom stereocenters. The third kappa shape index (κ3) is 1.82. The van der Waals surface area contributed by atoms with Gasteiger partial charge in [-0.2, -0.15) is 0 Å². The van der Waals surface area contributed by atoms with Gasteiger partial charge in [-0.1, -0.05) is 12.7 Å². The maximum atomic E-state index is 13.2. The van der Waals surface area contributed by atoms with Crippen molar-refractivity contribution in [2.24, 2.45) is 0 Å². The van der Waals surface area contributed by atoms with Crippen molar-refractivity contribution in [3.05, 3.63) is 41.2 Å². The van der Waals surface area contributed by atoms with E-state index in [1.54, 1.807) is 13.0 Å². The minimum Gasteiger partial charge on any atom is -0.465 e. The van der Waals surface area contributed by atoms with Crippen molar-refractivity contribution >= 4 is 12.0 Å². The van der Waals surface area contributed by atoms with Crippen molar-refractivity contribution in [2.75, 3.05) is 7.11 Å². The average molecular weight is 194 g/mol. The van der Waals surface area contributed by atoms with Gasteiger partial charge < -0.3 is 4.74 Å². The van der Waals surface area contributed by atoms with E-state index in [9.17, 15) is 9.18 Å². The molecule has 0 saturated carbocycles. The lowest BCUT2D eigenvalue weighted by Crippen LogP contribution is -2.05. The first-order valence-electron chi connectivity index (χ1n) is 4.11.